The fourth-order valence-electron chi connectivity index (χ4n) is 7.53. The summed E-state index contributed by atoms with van der Waals surface area (Å²) in [5.74, 6) is 3.62. The second kappa shape index (κ2) is 5.17. The quantitative estimate of drug-likeness (QED) is 0.650. The maximum absolute atomic E-state index is 12.6. The minimum absolute atomic E-state index is 0.356. The zero-order chi connectivity index (χ0) is 16.5. The van der Waals surface area contributed by atoms with Crippen molar-refractivity contribution in [3.63, 3.8) is 0 Å². The van der Waals surface area contributed by atoms with Gasteiger partial charge in [-0.05, 0) is 86.4 Å². The zero-order valence-electron chi connectivity index (χ0n) is 15.5. The zero-order valence-corrected chi connectivity index (χ0v) is 15.5. The summed E-state index contributed by atoms with van der Waals surface area (Å²) >= 11 is 0. The van der Waals surface area contributed by atoms with Crippen molar-refractivity contribution in [1.29, 1.82) is 0 Å². The van der Waals surface area contributed by atoms with Crippen molar-refractivity contribution in [2.75, 3.05) is 0 Å². The molecule has 5 rings (SSSR count). The Bertz CT molecular complexity index is 591. The van der Waals surface area contributed by atoms with Gasteiger partial charge in [0.25, 0.3) is 0 Å². The fraction of sp³-hybridized carbons (Fsp3) is 0.909. The lowest BCUT2D eigenvalue weighted by Crippen LogP contribution is -2.55. The second-order valence-electron chi connectivity index (χ2n) is 10.3. The largest absolute Gasteiger partial charge is 0.293 e. The van der Waals surface area contributed by atoms with E-state index in [9.17, 15) is 4.79 Å². The molecule has 5 aliphatic carbocycles. The molecule has 2 heteroatoms. The Morgan fingerprint density at radius 2 is 1.75 bits per heavy atom. The molecule has 5 fully saturated rings. The molecule has 0 aromatic carbocycles. The van der Waals surface area contributed by atoms with Crippen LogP contribution in [0.5, 0.6) is 0 Å². The molecule has 6 atom stereocenters. The number of ketones is 1. The molecular formula is C22H33NO. The van der Waals surface area contributed by atoms with Crippen LogP contribution in [0.4, 0.5) is 0 Å². The molecule has 2 nitrogen and oxygen atoms in total. The average molecular weight is 328 g/mol. The first-order valence-corrected chi connectivity index (χ1v) is 10.6. The van der Waals surface area contributed by atoms with Crippen LogP contribution in [-0.4, -0.2) is 17.5 Å². The van der Waals surface area contributed by atoms with Gasteiger partial charge in [-0.3, -0.25) is 9.79 Å². The predicted molar refractivity (Wildman–Crippen MR) is 97.2 cm³/mol. The van der Waals surface area contributed by atoms with E-state index in [1.54, 1.807) is 0 Å². The van der Waals surface area contributed by atoms with Crippen LogP contribution in [0.25, 0.3) is 0 Å². The highest BCUT2D eigenvalue weighted by Gasteiger charge is 2.59. The van der Waals surface area contributed by atoms with Crippen molar-refractivity contribution < 1.29 is 4.79 Å². The molecule has 5 saturated carbocycles. The number of hydrogen-bond acceptors (Lipinski definition) is 2. The van der Waals surface area contributed by atoms with Gasteiger partial charge < -0.3 is 0 Å². The van der Waals surface area contributed by atoms with E-state index in [0.29, 0.717) is 28.6 Å². The topological polar surface area (TPSA) is 29.4 Å². The van der Waals surface area contributed by atoms with Gasteiger partial charge in [0, 0.05) is 12.3 Å². The summed E-state index contributed by atoms with van der Waals surface area (Å²) in [5.41, 5.74) is 2.03. The van der Waals surface area contributed by atoms with Gasteiger partial charge in [0.1, 0.15) is 0 Å². The van der Waals surface area contributed by atoms with E-state index in [0.717, 1.165) is 36.3 Å². The van der Waals surface area contributed by atoms with Crippen molar-refractivity contribution in [2.24, 2.45) is 39.5 Å². The van der Waals surface area contributed by atoms with E-state index in [-0.39, 0.29) is 0 Å². The minimum atomic E-state index is 0.356. The number of hydrogen-bond donors (Lipinski definition) is 0. The van der Waals surface area contributed by atoms with Gasteiger partial charge in [0.05, 0.1) is 11.8 Å². The lowest BCUT2D eigenvalue weighted by atomic mass is 9.45. The Labute approximate surface area is 146 Å². The number of rotatable bonds is 1. The lowest BCUT2D eigenvalue weighted by molar-refractivity contribution is -0.121. The molecule has 0 aromatic heterocycles. The average Bonchev–Trinajstić information content (AvgIpc) is 3.28. The molecule has 0 aromatic rings. The maximum atomic E-state index is 12.6. The van der Waals surface area contributed by atoms with E-state index >= 15 is 0 Å². The summed E-state index contributed by atoms with van der Waals surface area (Å²) in [6.07, 6.45) is 14.2. The predicted octanol–water partition coefficient (Wildman–Crippen LogP) is 5.20. The van der Waals surface area contributed by atoms with E-state index in [1.165, 1.54) is 57.8 Å². The molecule has 0 saturated heterocycles. The first-order valence-electron chi connectivity index (χ1n) is 10.6. The highest BCUT2D eigenvalue weighted by atomic mass is 16.1. The normalized spacial score (nSPS) is 52.8. The SMILES string of the molecule is C[C@@]12CCC[C@H]1[C@@H]1CCC3C(=NC4CC4)C(=O)CC[C@]3(C)[C@@H]1CC2. The van der Waals surface area contributed by atoms with Crippen LogP contribution < -0.4 is 0 Å². The molecule has 0 aliphatic heterocycles. The Morgan fingerprint density at radius 1 is 0.917 bits per heavy atom. The van der Waals surface area contributed by atoms with Gasteiger partial charge in [-0.25, -0.2) is 0 Å². The Hall–Kier alpha value is -0.660. The van der Waals surface area contributed by atoms with Crippen molar-refractivity contribution >= 4 is 11.5 Å². The number of carbonyl (C=O) groups excluding carboxylic acids is 1. The maximum Gasteiger partial charge on any atom is 0.176 e. The molecule has 0 amide bonds. The third kappa shape index (κ3) is 2.13. The van der Waals surface area contributed by atoms with Gasteiger partial charge in [-0.2, -0.15) is 0 Å². The fourth-order valence-corrected chi connectivity index (χ4v) is 7.53. The van der Waals surface area contributed by atoms with E-state index in [2.05, 4.69) is 13.8 Å². The summed E-state index contributed by atoms with van der Waals surface area (Å²) in [6, 6.07) is 0.494. The van der Waals surface area contributed by atoms with Gasteiger partial charge in [-0.15, -0.1) is 0 Å². The Morgan fingerprint density at radius 3 is 2.54 bits per heavy atom. The monoisotopic (exact) mass is 327 g/mol. The second-order valence-corrected chi connectivity index (χ2v) is 10.3. The number of carbonyl (C=O) groups is 1. The van der Waals surface area contributed by atoms with Crippen LogP contribution in [0.2, 0.25) is 0 Å². The lowest BCUT2D eigenvalue weighted by Gasteiger charge is -2.59. The van der Waals surface area contributed by atoms with Crippen LogP contribution in [0, 0.1) is 34.5 Å². The third-order valence-corrected chi connectivity index (χ3v) is 9.03. The van der Waals surface area contributed by atoms with Gasteiger partial charge in [0.15, 0.2) is 5.78 Å². The van der Waals surface area contributed by atoms with Crippen molar-refractivity contribution in [2.45, 2.75) is 90.5 Å². The van der Waals surface area contributed by atoms with Crippen molar-refractivity contribution in [3.8, 4) is 0 Å². The smallest absolute Gasteiger partial charge is 0.176 e. The molecule has 132 valence electrons. The highest BCUT2D eigenvalue weighted by Crippen LogP contribution is 2.65. The van der Waals surface area contributed by atoms with Crippen molar-refractivity contribution in [1.82, 2.24) is 0 Å². The van der Waals surface area contributed by atoms with Gasteiger partial charge in [-0.1, -0.05) is 20.3 Å². The molecule has 0 spiro atoms. The molecule has 24 heavy (non-hydrogen) atoms. The molecule has 0 N–H and O–H groups in total. The molecule has 0 radical (unpaired) electrons. The molecular weight excluding hydrogens is 294 g/mol. The van der Waals surface area contributed by atoms with Crippen LogP contribution in [0.3, 0.4) is 0 Å². The summed E-state index contributed by atoms with van der Waals surface area (Å²) < 4.78 is 0. The molecule has 0 bridgehead atoms. The number of fused-ring (bicyclic) bond motifs is 5. The van der Waals surface area contributed by atoms with Crippen LogP contribution in [0.1, 0.15) is 84.5 Å². The standard InChI is InChI=1S/C22H33NO/c1-21-11-3-4-16(21)15-7-8-18-20(23-14-5-6-14)19(24)10-13-22(18,2)17(15)9-12-21/h14-18H,3-13H2,1-2H3/t15-,16-,17+,18?,21-,22+/m0/s1. The van der Waals surface area contributed by atoms with Crippen LogP contribution >= 0.6 is 0 Å². The summed E-state index contributed by atoms with van der Waals surface area (Å²) in [6.45, 7) is 5.13. The van der Waals surface area contributed by atoms with Crippen LogP contribution in [0.15, 0.2) is 4.99 Å². The van der Waals surface area contributed by atoms with Gasteiger partial charge >= 0.3 is 0 Å². The third-order valence-electron chi connectivity index (χ3n) is 9.03. The molecule has 0 heterocycles. The summed E-state index contributed by atoms with van der Waals surface area (Å²) in [5, 5.41) is 0. The van der Waals surface area contributed by atoms with Gasteiger partial charge in [0.2, 0.25) is 0 Å². The Kier molecular flexibility index (Phi) is 3.36. The minimum Gasteiger partial charge on any atom is -0.293 e. The van der Waals surface area contributed by atoms with E-state index in [4.69, 9.17) is 4.99 Å². The summed E-state index contributed by atoms with van der Waals surface area (Å²) in [4.78, 5) is 17.6. The highest BCUT2D eigenvalue weighted by molar-refractivity contribution is 6.41. The Balaban J connectivity index is 1.48. The first kappa shape index (κ1) is 15.6. The first-order chi connectivity index (χ1) is 11.5. The number of Topliss-reactive ketones (excluding diaryl/α,β-unsaturated/α-hetero) is 1. The number of nitrogens with zero attached hydrogens (tertiary/aromatic N) is 1. The summed E-state index contributed by atoms with van der Waals surface area (Å²) in [7, 11) is 0. The van der Waals surface area contributed by atoms with E-state index in [1.807, 2.05) is 0 Å². The van der Waals surface area contributed by atoms with E-state index < -0.39 is 0 Å². The van der Waals surface area contributed by atoms with Crippen molar-refractivity contribution in [3.05, 3.63) is 0 Å². The van der Waals surface area contributed by atoms with Crippen LogP contribution in [-0.2, 0) is 4.79 Å². The molecule has 1 unspecified atom stereocenters. The number of aliphatic imine (C=N–C) groups is 1. The molecule has 5 aliphatic rings.